The lowest BCUT2D eigenvalue weighted by Gasteiger charge is -2.38. The molecule has 22 heavy (non-hydrogen) atoms. The minimum atomic E-state index is -0.937. The fraction of sp³-hybridized carbons (Fsp3) is 0.625. The van der Waals surface area contributed by atoms with Crippen molar-refractivity contribution in [1.29, 1.82) is 0 Å². The molecule has 0 aromatic carbocycles. The van der Waals surface area contributed by atoms with E-state index < -0.39 is 17.0 Å². The molecule has 0 bridgehead atoms. The summed E-state index contributed by atoms with van der Waals surface area (Å²) in [7, 11) is 0. The van der Waals surface area contributed by atoms with E-state index in [0.717, 1.165) is 6.20 Å². The van der Waals surface area contributed by atoms with Gasteiger partial charge in [0, 0.05) is 25.7 Å². The van der Waals surface area contributed by atoms with Crippen molar-refractivity contribution in [1.82, 2.24) is 9.88 Å². The van der Waals surface area contributed by atoms with Gasteiger partial charge in [0.25, 0.3) is 0 Å². The topological polar surface area (TPSA) is 62.7 Å². The van der Waals surface area contributed by atoms with Gasteiger partial charge in [0.2, 0.25) is 0 Å². The minimum Gasteiger partial charge on any atom is -0.444 e. The molecule has 0 atom stereocenters. The van der Waals surface area contributed by atoms with Crippen LogP contribution >= 0.6 is 0 Å². The SMILES string of the molecule is CC(C)(C)OC(=O)N1CCC(O)(Cc2cncc(F)c2)CC1. The number of amides is 1. The van der Waals surface area contributed by atoms with E-state index in [-0.39, 0.29) is 6.09 Å². The average molecular weight is 310 g/mol. The summed E-state index contributed by atoms with van der Waals surface area (Å²) in [6.45, 7) is 6.31. The quantitative estimate of drug-likeness (QED) is 0.912. The van der Waals surface area contributed by atoms with Gasteiger partial charge < -0.3 is 14.7 Å². The zero-order chi connectivity index (χ0) is 16.4. The summed E-state index contributed by atoms with van der Waals surface area (Å²) in [4.78, 5) is 17.4. The highest BCUT2D eigenvalue weighted by Crippen LogP contribution is 2.27. The van der Waals surface area contributed by atoms with Gasteiger partial charge in [0.15, 0.2) is 0 Å². The fourth-order valence-corrected chi connectivity index (χ4v) is 2.54. The first-order chi connectivity index (χ1) is 10.2. The number of aliphatic hydroxyl groups is 1. The van der Waals surface area contributed by atoms with Gasteiger partial charge in [-0.05, 0) is 45.2 Å². The van der Waals surface area contributed by atoms with Crippen molar-refractivity contribution < 1.29 is 19.0 Å². The molecule has 1 saturated heterocycles. The Morgan fingerprint density at radius 2 is 2.05 bits per heavy atom. The summed E-state index contributed by atoms with van der Waals surface area (Å²) in [5.41, 5.74) is -0.806. The Morgan fingerprint density at radius 1 is 1.41 bits per heavy atom. The van der Waals surface area contributed by atoms with Crippen LogP contribution in [0.2, 0.25) is 0 Å². The summed E-state index contributed by atoms with van der Waals surface area (Å²) in [5, 5.41) is 10.6. The predicted octanol–water partition coefficient (Wildman–Crippen LogP) is 2.53. The molecule has 0 radical (unpaired) electrons. The van der Waals surface area contributed by atoms with E-state index in [1.54, 1.807) is 11.1 Å². The van der Waals surface area contributed by atoms with Crippen molar-refractivity contribution in [2.24, 2.45) is 0 Å². The lowest BCUT2D eigenvalue weighted by atomic mass is 9.86. The minimum absolute atomic E-state index is 0.333. The van der Waals surface area contributed by atoms with Crippen molar-refractivity contribution in [2.75, 3.05) is 13.1 Å². The maximum Gasteiger partial charge on any atom is 0.410 e. The van der Waals surface area contributed by atoms with Gasteiger partial charge in [-0.2, -0.15) is 0 Å². The number of likely N-dealkylation sites (tertiary alicyclic amines) is 1. The average Bonchev–Trinajstić information content (AvgIpc) is 2.36. The maximum absolute atomic E-state index is 13.2. The van der Waals surface area contributed by atoms with Crippen molar-refractivity contribution in [3.63, 3.8) is 0 Å². The number of piperidine rings is 1. The number of pyridine rings is 1. The van der Waals surface area contributed by atoms with E-state index in [0.29, 0.717) is 37.9 Å². The molecular weight excluding hydrogens is 287 g/mol. The standard InChI is InChI=1S/C16H23FN2O3/c1-15(2,3)22-14(20)19-6-4-16(21,5-7-19)9-12-8-13(17)11-18-10-12/h8,10-11,21H,4-7,9H2,1-3H3. The van der Waals surface area contributed by atoms with Gasteiger partial charge in [0.1, 0.15) is 11.4 Å². The molecular formula is C16H23FN2O3. The van der Waals surface area contributed by atoms with Crippen LogP contribution in [0.15, 0.2) is 18.5 Å². The molecule has 1 fully saturated rings. The summed E-state index contributed by atoms with van der Waals surface area (Å²) in [5.74, 6) is -0.410. The molecule has 1 aliphatic rings. The van der Waals surface area contributed by atoms with Gasteiger partial charge in [-0.25, -0.2) is 9.18 Å². The van der Waals surface area contributed by atoms with Crippen molar-refractivity contribution in [2.45, 2.75) is 51.2 Å². The largest absolute Gasteiger partial charge is 0.444 e. The highest BCUT2D eigenvalue weighted by atomic mass is 19.1. The molecule has 1 N–H and O–H groups in total. The Bertz CT molecular complexity index is 534. The number of halogens is 1. The summed E-state index contributed by atoms with van der Waals surface area (Å²) in [6.07, 6.45) is 3.53. The monoisotopic (exact) mass is 310 g/mol. The molecule has 1 aliphatic heterocycles. The molecule has 1 amide bonds. The lowest BCUT2D eigenvalue weighted by Crippen LogP contribution is -2.49. The molecule has 1 aromatic heterocycles. The molecule has 1 aromatic rings. The van der Waals surface area contributed by atoms with E-state index >= 15 is 0 Å². The Balaban J connectivity index is 1.91. The third kappa shape index (κ3) is 4.66. The molecule has 0 spiro atoms. The number of rotatable bonds is 2. The van der Waals surface area contributed by atoms with Crippen LogP contribution in [0.25, 0.3) is 0 Å². The molecule has 0 aliphatic carbocycles. The van der Waals surface area contributed by atoms with E-state index in [2.05, 4.69) is 4.98 Å². The van der Waals surface area contributed by atoms with E-state index in [1.165, 1.54) is 6.07 Å². The van der Waals surface area contributed by atoms with Crippen LogP contribution in [-0.4, -0.2) is 45.4 Å². The van der Waals surface area contributed by atoms with Crippen molar-refractivity contribution >= 4 is 6.09 Å². The van der Waals surface area contributed by atoms with E-state index in [1.807, 2.05) is 20.8 Å². The van der Waals surface area contributed by atoms with Crippen LogP contribution in [-0.2, 0) is 11.2 Å². The normalized spacial score (nSPS) is 18.1. The number of nitrogens with zero attached hydrogens (tertiary/aromatic N) is 2. The van der Waals surface area contributed by atoms with Crippen LogP contribution in [0.5, 0.6) is 0 Å². The van der Waals surface area contributed by atoms with Crippen LogP contribution in [0.4, 0.5) is 9.18 Å². The van der Waals surface area contributed by atoms with Crippen LogP contribution < -0.4 is 0 Å². The Hall–Kier alpha value is -1.69. The van der Waals surface area contributed by atoms with Crippen molar-refractivity contribution in [3.8, 4) is 0 Å². The number of ether oxygens (including phenoxy) is 1. The number of hydrogen-bond donors (Lipinski definition) is 1. The fourth-order valence-electron chi connectivity index (χ4n) is 2.54. The predicted molar refractivity (Wildman–Crippen MR) is 79.9 cm³/mol. The molecule has 0 saturated carbocycles. The number of aromatic nitrogens is 1. The van der Waals surface area contributed by atoms with E-state index in [9.17, 15) is 14.3 Å². The first kappa shape index (κ1) is 16.7. The molecule has 122 valence electrons. The summed E-state index contributed by atoms with van der Waals surface area (Å²) >= 11 is 0. The molecule has 6 heteroatoms. The number of hydrogen-bond acceptors (Lipinski definition) is 4. The van der Waals surface area contributed by atoms with Crippen LogP contribution in [0.3, 0.4) is 0 Å². The zero-order valence-corrected chi connectivity index (χ0v) is 13.3. The van der Waals surface area contributed by atoms with Gasteiger partial charge in [-0.3, -0.25) is 4.98 Å². The molecule has 2 heterocycles. The second-order valence-corrected chi connectivity index (χ2v) is 6.88. The first-order valence-electron chi connectivity index (χ1n) is 7.47. The Labute approximate surface area is 130 Å². The smallest absolute Gasteiger partial charge is 0.410 e. The third-order valence-corrected chi connectivity index (χ3v) is 3.64. The maximum atomic E-state index is 13.2. The highest BCUT2D eigenvalue weighted by molar-refractivity contribution is 5.68. The van der Waals surface area contributed by atoms with Gasteiger partial charge in [-0.1, -0.05) is 0 Å². The van der Waals surface area contributed by atoms with E-state index in [4.69, 9.17) is 4.74 Å². The molecule has 2 rings (SSSR count). The number of carbonyl (C=O) groups excluding carboxylic acids is 1. The Kier molecular flexibility index (Phi) is 4.70. The lowest BCUT2D eigenvalue weighted by molar-refractivity contribution is -0.0315. The second kappa shape index (κ2) is 6.20. The summed E-state index contributed by atoms with van der Waals surface area (Å²) in [6, 6.07) is 1.38. The summed E-state index contributed by atoms with van der Waals surface area (Å²) < 4.78 is 18.5. The van der Waals surface area contributed by atoms with Gasteiger partial charge in [0.05, 0.1) is 11.8 Å². The Morgan fingerprint density at radius 3 is 2.59 bits per heavy atom. The van der Waals surface area contributed by atoms with Crippen LogP contribution in [0, 0.1) is 5.82 Å². The zero-order valence-electron chi connectivity index (χ0n) is 13.3. The number of carbonyl (C=O) groups is 1. The van der Waals surface area contributed by atoms with Crippen LogP contribution in [0.1, 0.15) is 39.2 Å². The highest BCUT2D eigenvalue weighted by Gasteiger charge is 2.35. The van der Waals surface area contributed by atoms with Gasteiger partial charge >= 0.3 is 6.09 Å². The third-order valence-electron chi connectivity index (χ3n) is 3.64. The second-order valence-electron chi connectivity index (χ2n) is 6.88. The van der Waals surface area contributed by atoms with Gasteiger partial charge in [-0.15, -0.1) is 0 Å². The first-order valence-corrected chi connectivity index (χ1v) is 7.47. The molecule has 0 unspecified atom stereocenters. The van der Waals surface area contributed by atoms with Crippen molar-refractivity contribution in [3.05, 3.63) is 29.8 Å². The molecule has 5 nitrogen and oxygen atoms in total.